The predicted molar refractivity (Wildman–Crippen MR) is 59.6 cm³/mol. The summed E-state index contributed by atoms with van der Waals surface area (Å²) in [5.74, 6) is 3.16. The van der Waals surface area contributed by atoms with E-state index in [2.05, 4.69) is 11.9 Å². The van der Waals surface area contributed by atoms with E-state index in [1.54, 1.807) is 0 Å². The van der Waals surface area contributed by atoms with Crippen LogP contribution in [0.4, 0.5) is 0 Å². The molecule has 0 aromatic carbocycles. The van der Waals surface area contributed by atoms with Gasteiger partial charge >= 0.3 is 0 Å². The highest BCUT2D eigenvalue weighted by atomic mass is 14.7. The Morgan fingerprint density at radius 3 is 1.79 bits per heavy atom. The lowest BCUT2D eigenvalue weighted by Gasteiger charge is -2.56. The Balaban J connectivity index is 1.94. The van der Waals surface area contributed by atoms with Gasteiger partial charge in [-0.3, -0.25) is 4.99 Å². The summed E-state index contributed by atoms with van der Waals surface area (Å²) in [7, 11) is 1.98. The van der Waals surface area contributed by atoms with Crippen molar-refractivity contribution >= 4 is 5.71 Å². The molecule has 4 rings (SSSR count). The van der Waals surface area contributed by atoms with Crippen molar-refractivity contribution < 1.29 is 0 Å². The molecule has 0 saturated heterocycles. The van der Waals surface area contributed by atoms with Gasteiger partial charge < -0.3 is 0 Å². The molecule has 0 heterocycles. The van der Waals surface area contributed by atoms with Gasteiger partial charge in [0.1, 0.15) is 0 Å². The first-order chi connectivity index (χ1) is 6.72. The highest BCUT2D eigenvalue weighted by molar-refractivity contribution is 5.88. The van der Waals surface area contributed by atoms with E-state index >= 15 is 0 Å². The lowest BCUT2D eigenvalue weighted by atomic mass is 9.48. The van der Waals surface area contributed by atoms with Crippen molar-refractivity contribution in [3.63, 3.8) is 0 Å². The van der Waals surface area contributed by atoms with E-state index in [-0.39, 0.29) is 0 Å². The van der Waals surface area contributed by atoms with E-state index in [0.717, 1.165) is 17.8 Å². The van der Waals surface area contributed by atoms with Crippen molar-refractivity contribution in [3.05, 3.63) is 0 Å². The Morgan fingerprint density at radius 2 is 1.43 bits per heavy atom. The molecule has 0 atom stereocenters. The number of hydrogen-bond acceptors (Lipinski definition) is 1. The molecule has 4 fully saturated rings. The molecular formula is C13H21N. The SMILES string of the molecule is CN=C(C)C12CC3CC(CC(C3)C1)C2. The Morgan fingerprint density at radius 1 is 1.00 bits per heavy atom. The minimum Gasteiger partial charge on any atom is -0.297 e. The van der Waals surface area contributed by atoms with Crippen molar-refractivity contribution in [2.45, 2.75) is 45.4 Å². The first-order valence-corrected chi connectivity index (χ1v) is 6.16. The summed E-state index contributed by atoms with van der Waals surface area (Å²) in [6.45, 7) is 2.27. The molecule has 1 heteroatoms. The molecular weight excluding hydrogens is 170 g/mol. The molecule has 1 nitrogen and oxygen atoms in total. The first-order valence-electron chi connectivity index (χ1n) is 6.16. The lowest BCUT2D eigenvalue weighted by Crippen LogP contribution is -2.49. The molecule has 14 heavy (non-hydrogen) atoms. The van der Waals surface area contributed by atoms with Crippen LogP contribution in [-0.2, 0) is 0 Å². The quantitative estimate of drug-likeness (QED) is 0.564. The van der Waals surface area contributed by atoms with Crippen molar-refractivity contribution in [1.29, 1.82) is 0 Å². The second kappa shape index (κ2) is 2.84. The zero-order chi connectivity index (χ0) is 9.76. The standard InChI is InChI=1S/C13H21N/c1-9(14-2)13-6-10-3-11(7-13)5-12(4-10)8-13/h10-12H,3-8H2,1-2H3. The maximum absolute atomic E-state index is 4.50. The van der Waals surface area contributed by atoms with E-state index in [1.807, 2.05) is 7.05 Å². The van der Waals surface area contributed by atoms with Crippen LogP contribution < -0.4 is 0 Å². The van der Waals surface area contributed by atoms with Gasteiger partial charge in [0.25, 0.3) is 0 Å². The predicted octanol–water partition coefficient (Wildman–Crippen LogP) is 3.29. The molecule has 4 saturated carbocycles. The van der Waals surface area contributed by atoms with Gasteiger partial charge in [-0.25, -0.2) is 0 Å². The molecule has 0 aliphatic heterocycles. The summed E-state index contributed by atoms with van der Waals surface area (Å²) >= 11 is 0. The Bertz CT molecular complexity index is 242. The molecule has 0 spiro atoms. The van der Waals surface area contributed by atoms with Gasteiger partial charge in [0, 0.05) is 18.2 Å². The fraction of sp³-hybridized carbons (Fsp3) is 0.923. The van der Waals surface area contributed by atoms with Gasteiger partial charge in [-0.1, -0.05) is 0 Å². The second-order valence-corrected chi connectivity index (χ2v) is 6.01. The Labute approximate surface area is 87.0 Å². The van der Waals surface area contributed by atoms with Crippen molar-refractivity contribution in [1.82, 2.24) is 0 Å². The zero-order valence-corrected chi connectivity index (χ0v) is 9.42. The monoisotopic (exact) mass is 191 g/mol. The fourth-order valence-electron chi connectivity index (χ4n) is 4.79. The molecule has 0 radical (unpaired) electrons. The first kappa shape index (κ1) is 8.94. The number of aliphatic imine (C=N–C) groups is 1. The fourth-order valence-corrected chi connectivity index (χ4v) is 4.79. The summed E-state index contributed by atoms with van der Waals surface area (Å²) < 4.78 is 0. The van der Waals surface area contributed by atoms with Crippen LogP contribution >= 0.6 is 0 Å². The van der Waals surface area contributed by atoms with Crippen molar-refractivity contribution in [3.8, 4) is 0 Å². The van der Waals surface area contributed by atoms with E-state index < -0.39 is 0 Å². The van der Waals surface area contributed by atoms with E-state index in [0.29, 0.717) is 5.41 Å². The molecule has 0 aromatic heterocycles. The summed E-state index contributed by atoms with van der Waals surface area (Å²) in [6.07, 6.45) is 9.00. The maximum atomic E-state index is 4.50. The highest BCUT2D eigenvalue weighted by Gasteiger charge is 2.51. The topological polar surface area (TPSA) is 12.4 Å². The molecule has 0 unspecified atom stereocenters. The van der Waals surface area contributed by atoms with E-state index in [9.17, 15) is 0 Å². The zero-order valence-electron chi connectivity index (χ0n) is 9.42. The molecule has 4 aliphatic carbocycles. The summed E-state index contributed by atoms with van der Waals surface area (Å²) in [5.41, 5.74) is 2.01. The van der Waals surface area contributed by atoms with E-state index in [1.165, 1.54) is 44.2 Å². The summed E-state index contributed by atoms with van der Waals surface area (Å²) in [4.78, 5) is 4.50. The van der Waals surface area contributed by atoms with Gasteiger partial charge in [0.15, 0.2) is 0 Å². The summed E-state index contributed by atoms with van der Waals surface area (Å²) in [6, 6.07) is 0. The third-order valence-electron chi connectivity index (χ3n) is 5.14. The van der Waals surface area contributed by atoms with Gasteiger partial charge in [-0.2, -0.15) is 0 Å². The Kier molecular flexibility index (Phi) is 1.81. The van der Waals surface area contributed by atoms with Gasteiger partial charge in [0.05, 0.1) is 0 Å². The smallest absolute Gasteiger partial charge is 0.0276 e. The van der Waals surface area contributed by atoms with Crippen LogP contribution in [0.2, 0.25) is 0 Å². The number of nitrogens with zero attached hydrogens (tertiary/aromatic N) is 1. The third-order valence-corrected chi connectivity index (χ3v) is 5.14. The molecule has 4 aliphatic rings. The van der Waals surface area contributed by atoms with Gasteiger partial charge in [-0.05, 0) is 63.2 Å². The van der Waals surface area contributed by atoms with Crippen LogP contribution in [0.25, 0.3) is 0 Å². The molecule has 0 amide bonds. The largest absolute Gasteiger partial charge is 0.297 e. The van der Waals surface area contributed by atoms with Crippen molar-refractivity contribution in [2.24, 2.45) is 28.2 Å². The van der Waals surface area contributed by atoms with Crippen LogP contribution in [0.15, 0.2) is 4.99 Å². The number of rotatable bonds is 1. The number of hydrogen-bond donors (Lipinski definition) is 0. The minimum absolute atomic E-state index is 0.559. The molecule has 0 aromatic rings. The highest BCUT2D eigenvalue weighted by Crippen LogP contribution is 2.60. The van der Waals surface area contributed by atoms with Crippen molar-refractivity contribution in [2.75, 3.05) is 7.05 Å². The van der Waals surface area contributed by atoms with Crippen LogP contribution in [0, 0.1) is 23.2 Å². The molecule has 4 bridgehead atoms. The minimum atomic E-state index is 0.559. The lowest BCUT2D eigenvalue weighted by molar-refractivity contribution is -0.0126. The van der Waals surface area contributed by atoms with Crippen LogP contribution in [0.3, 0.4) is 0 Å². The summed E-state index contributed by atoms with van der Waals surface area (Å²) in [5, 5.41) is 0. The van der Waals surface area contributed by atoms with E-state index in [4.69, 9.17) is 0 Å². The van der Waals surface area contributed by atoms with Crippen LogP contribution in [-0.4, -0.2) is 12.8 Å². The van der Waals surface area contributed by atoms with Crippen LogP contribution in [0.1, 0.15) is 45.4 Å². The van der Waals surface area contributed by atoms with Gasteiger partial charge in [-0.15, -0.1) is 0 Å². The maximum Gasteiger partial charge on any atom is 0.0276 e. The van der Waals surface area contributed by atoms with Crippen LogP contribution in [0.5, 0.6) is 0 Å². The Hall–Kier alpha value is -0.330. The third kappa shape index (κ3) is 1.11. The molecule has 78 valence electrons. The molecule has 0 N–H and O–H groups in total. The average molecular weight is 191 g/mol. The normalized spacial score (nSPS) is 51.3. The second-order valence-electron chi connectivity index (χ2n) is 6.01. The average Bonchev–Trinajstić information content (AvgIpc) is 2.14. The van der Waals surface area contributed by atoms with Gasteiger partial charge in [0.2, 0.25) is 0 Å².